The fourth-order valence-corrected chi connectivity index (χ4v) is 5.87. The van der Waals surface area contributed by atoms with Crippen LogP contribution in [0.5, 0.6) is 0 Å². The molecule has 1 aliphatic heterocycles. The Morgan fingerprint density at radius 1 is 0.383 bits per heavy atom. The van der Waals surface area contributed by atoms with Crippen molar-refractivity contribution in [2.24, 2.45) is 9.98 Å². The number of hydrogen-bond donors (Lipinski definition) is 0. The van der Waals surface area contributed by atoms with E-state index in [1.165, 1.54) is 12.8 Å². The Bertz CT molecular complexity index is 1930. The van der Waals surface area contributed by atoms with Gasteiger partial charge < -0.3 is 0 Å². The molecule has 1 fully saturated rings. The molecule has 7 aromatic rings. The van der Waals surface area contributed by atoms with E-state index < -0.39 is 0 Å². The van der Waals surface area contributed by atoms with E-state index in [1.54, 1.807) is 24.8 Å². The fraction of sp³-hybridized carbons (Fsp3) is 0.158. The maximum Gasteiger partial charge on any atom is 2.00 e. The second-order valence-electron chi connectivity index (χ2n) is 11.0. The largest absolute Gasteiger partial charge is 2.00 e. The van der Waals surface area contributed by atoms with Gasteiger partial charge in [0.05, 0.1) is 56.6 Å². The van der Waals surface area contributed by atoms with Crippen molar-refractivity contribution in [3.8, 4) is 22.8 Å². The van der Waals surface area contributed by atoms with Gasteiger partial charge in [0, 0.05) is 48.0 Å². The van der Waals surface area contributed by atoms with Gasteiger partial charge in [0.2, 0.25) is 0 Å². The maximum atomic E-state index is 5.08. The summed E-state index contributed by atoms with van der Waals surface area (Å²) in [6.45, 7) is 0. The van der Waals surface area contributed by atoms with E-state index in [0.717, 1.165) is 68.1 Å². The average Bonchev–Trinajstić information content (AvgIpc) is 3.16. The van der Waals surface area contributed by atoms with Crippen molar-refractivity contribution in [1.82, 2.24) is 29.9 Å². The van der Waals surface area contributed by atoms with E-state index in [2.05, 4.69) is 42.0 Å². The number of aromatic nitrogens is 6. The first-order valence-corrected chi connectivity index (χ1v) is 15.6. The summed E-state index contributed by atoms with van der Waals surface area (Å²) in [6, 6.07) is 32.0. The third-order valence-electron chi connectivity index (χ3n) is 8.04. The molecule has 0 spiro atoms. The molecular weight excluding hydrogens is 670 g/mol. The molecule has 1 saturated carbocycles. The molecule has 230 valence electrons. The zero-order chi connectivity index (χ0) is 31.0. The van der Waals surface area contributed by atoms with Gasteiger partial charge in [-0.1, -0.05) is 37.1 Å². The second-order valence-corrected chi connectivity index (χ2v) is 11.0. The Kier molecular flexibility index (Phi) is 10.5. The van der Waals surface area contributed by atoms with E-state index in [4.69, 9.17) is 9.98 Å². The Morgan fingerprint density at radius 3 is 1.04 bits per heavy atom. The van der Waals surface area contributed by atoms with E-state index in [-0.39, 0.29) is 19.5 Å². The number of hydrogen-bond acceptors (Lipinski definition) is 8. The van der Waals surface area contributed by atoms with Crippen LogP contribution in [0.2, 0.25) is 0 Å². The predicted molar refractivity (Wildman–Crippen MR) is 180 cm³/mol. The molecule has 7 heterocycles. The molecular formula is C38H32N8Ru+2. The van der Waals surface area contributed by atoms with E-state index in [0.29, 0.717) is 12.1 Å². The Balaban J connectivity index is 0.000000132. The summed E-state index contributed by atoms with van der Waals surface area (Å²) in [5, 5.41) is 4.20. The zero-order valence-electron chi connectivity index (χ0n) is 25.6. The topological polar surface area (TPSA) is 102 Å². The molecule has 0 amide bonds. The maximum absolute atomic E-state index is 5.08. The SMILES string of the molecule is [Ru+2].c1ccc(-c2ccccn2)nc1.c1ccc(-c2ccccn2)nc1.c1cnc2c(c1)c1c(c3cccnc32)=NC2CCCCC2N=1. The molecule has 0 saturated heterocycles. The second kappa shape index (κ2) is 15.4. The predicted octanol–water partition coefficient (Wildman–Crippen LogP) is 6.63. The standard InChI is InChI=1S/C18H16N4.2C10H8N2.Ru/c1-2-8-14-13(7-1)21-17-11-5-3-9-19-15(11)16-12(18(17)22-14)6-4-10-20-16;2*1-3-7-11-9(5-1)10-6-2-4-8-12-10;/h3-6,9-10,13-14H,1-2,7-8H2;2*1-8H;/q;;;+2. The minimum absolute atomic E-state index is 0. The van der Waals surface area contributed by atoms with Gasteiger partial charge in [0.25, 0.3) is 0 Å². The number of fused-ring (bicyclic) bond motifs is 7. The number of pyridine rings is 6. The van der Waals surface area contributed by atoms with Crippen LogP contribution in [-0.2, 0) is 19.5 Å². The molecule has 1 aromatic carbocycles. The summed E-state index contributed by atoms with van der Waals surface area (Å²) < 4.78 is 0. The van der Waals surface area contributed by atoms with Crippen LogP contribution in [0, 0.1) is 0 Å². The van der Waals surface area contributed by atoms with Crippen LogP contribution in [0.15, 0.2) is 144 Å². The third-order valence-corrected chi connectivity index (χ3v) is 8.04. The van der Waals surface area contributed by atoms with Crippen molar-refractivity contribution in [3.05, 3.63) is 145 Å². The molecule has 9 rings (SSSR count). The first-order chi connectivity index (χ1) is 22.8. The molecule has 8 nitrogen and oxygen atoms in total. The van der Waals surface area contributed by atoms with Crippen molar-refractivity contribution in [2.45, 2.75) is 37.8 Å². The van der Waals surface area contributed by atoms with Gasteiger partial charge in [-0.15, -0.1) is 0 Å². The van der Waals surface area contributed by atoms with Gasteiger partial charge in [-0.3, -0.25) is 39.9 Å². The average molecular weight is 702 g/mol. The van der Waals surface area contributed by atoms with Crippen molar-refractivity contribution in [3.63, 3.8) is 0 Å². The van der Waals surface area contributed by atoms with E-state index >= 15 is 0 Å². The molecule has 47 heavy (non-hydrogen) atoms. The minimum atomic E-state index is 0. The van der Waals surface area contributed by atoms with Crippen molar-refractivity contribution >= 4 is 21.8 Å². The van der Waals surface area contributed by atoms with E-state index in [1.807, 2.05) is 97.3 Å². The van der Waals surface area contributed by atoms with Crippen LogP contribution in [0.25, 0.3) is 44.6 Å². The molecule has 9 heteroatoms. The van der Waals surface area contributed by atoms with Gasteiger partial charge >= 0.3 is 19.5 Å². The molecule has 0 N–H and O–H groups in total. The summed E-state index contributed by atoms with van der Waals surface area (Å²) in [5.74, 6) is 0. The van der Waals surface area contributed by atoms with E-state index in [9.17, 15) is 0 Å². The molecule has 2 unspecified atom stereocenters. The number of nitrogens with zero attached hydrogens (tertiary/aromatic N) is 8. The van der Waals surface area contributed by atoms with Gasteiger partial charge in [-0.05, 0) is 85.6 Å². The minimum Gasteiger partial charge on any atom is -0.277 e. The number of rotatable bonds is 2. The third kappa shape index (κ3) is 7.31. The van der Waals surface area contributed by atoms with Crippen molar-refractivity contribution in [2.75, 3.05) is 0 Å². The first-order valence-electron chi connectivity index (χ1n) is 15.6. The van der Waals surface area contributed by atoms with Gasteiger partial charge in [-0.2, -0.15) is 0 Å². The Labute approximate surface area is 285 Å². The van der Waals surface area contributed by atoms with Gasteiger partial charge in [0.15, 0.2) is 0 Å². The van der Waals surface area contributed by atoms with Crippen LogP contribution in [0.3, 0.4) is 0 Å². The van der Waals surface area contributed by atoms with Crippen LogP contribution in [-0.4, -0.2) is 42.0 Å². The van der Waals surface area contributed by atoms with Crippen molar-refractivity contribution in [1.29, 1.82) is 0 Å². The van der Waals surface area contributed by atoms with Crippen LogP contribution < -0.4 is 10.7 Å². The monoisotopic (exact) mass is 702 g/mol. The Morgan fingerprint density at radius 2 is 0.723 bits per heavy atom. The van der Waals surface area contributed by atoms with Gasteiger partial charge in [-0.25, -0.2) is 0 Å². The van der Waals surface area contributed by atoms with Crippen LogP contribution >= 0.6 is 0 Å². The summed E-state index contributed by atoms with van der Waals surface area (Å²) in [5.41, 5.74) is 5.53. The molecule has 0 bridgehead atoms. The van der Waals surface area contributed by atoms with Gasteiger partial charge in [0.1, 0.15) is 0 Å². The smallest absolute Gasteiger partial charge is 0.277 e. The zero-order valence-corrected chi connectivity index (χ0v) is 27.4. The molecule has 6 aromatic heterocycles. The summed E-state index contributed by atoms with van der Waals surface area (Å²) >= 11 is 0. The quantitative estimate of drug-likeness (QED) is 0.148. The fourth-order valence-electron chi connectivity index (χ4n) is 5.87. The molecule has 2 atom stereocenters. The molecule has 0 radical (unpaired) electrons. The van der Waals surface area contributed by atoms with Crippen molar-refractivity contribution < 1.29 is 19.5 Å². The summed E-state index contributed by atoms with van der Waals surface area (Å²) in [6.07, 6.45) is 15.6. The molecule has 1 aliphatic carbocycles. The number of benzene rings is 1. The Hall–Kier alpha value is -5.14. The first kappa shape index (κ1) is 31.8. The molecule has 2 aliphatic rings. The van der Waals surface area contributed by atoms with Crippen LogP contribution in [0.1, 0.15) is 25.7 Å². The normalized spacial score (nSPS) is 15.9. The summed E-state index contributed by atoms with van der Waals surface area (Å²) in [7, 11) is 0. The summed E-state index contributed by atoms with van der Waals surface area (Å²) in [4.78, 5) is 36.0. The van der Waals surface area contributed by atoms with Crippen LogP contribution in [0.4, 0.5) is 0 Å².